The van der Waals surface area contributed by atoms with Gasteiger partial charge in [-0.15, -0.1) is 20.9 Å². The minimum atomic E-state index is -4.72. The molecule has 9 nitrogen and oxygen atoms in total. The number of sulfonamides is 1. The molecule has 1 amide bonds. The number of imidazole rings is 1. The average Bonchev–Trinajstić information content (AvgIpc) is 3.52. The van der Waals surface area contributed by atoms with Crippen molar-refractivity contribution in [2.45, 2.75) is 47.3 Å². The SMILES string of the molecule is CC(C)n1c(C(F)(F)F)nc2cc(C(=O)NS(=O)(=O)c3ccc(S(C)(=O)(O)N4CCCC4)s3)ccc21. The molecule has 1 aliphatic heterocycles. The third kappa shape index (κ3) is 4.69. The van der Waals surface area contributed by atoms with E-state index >= 15 is 0 Å². The van der Waals surface area contributed by atoms with Crippen LogP contribution in [0.2, 0.25) is 0 Å². The number of hydrogen-bond donors (Lipinski definition) is 2. The molecule has 4 rings (SSSR count). The molecule has 1 aromatic carbocycles. The number of carbonyl (C=O) groups is 1. The van der Waals surface area contributed by atoms with Gasteiger partial charge in [-0.05, 0) is 57.0 Å². The van der Waals surface area contributed by atoms with Crippen LogP contribution in [-0.4, -0.2) is 56.3 Å². The largest absolute Gasteiger partial charge is 0.449 e. The van der Waals surface area contributed by atoms with E-state index in [4.69, 9.17) is 0 Å². The van der Waals surface area contributed by atoms with Crippen LogP contribution in [-0.2, 0) is 25.7 Å². The summed E-state index contributed by atoms with van der Waals surface area (Å²) in [6, 6.07) is 5.40. The molecule has 3 heterocycles. The van der Waals surface area contributed by atoms with Crippen molar-refractivity contribution in [1.29, 1.82) is 0 Å². The molecule has 0 unspecified atom stereocenters. The monoisotopic (exact) mass is 566 g/mol. The number of aromatic nitrogens is 2. The minimum Gasteiger partial charge on any atom is -0.318 e. The highest BCUT2D eigenvalue weighted by Gasteiger charge is 2.39. The highest BCUT2D eigenvalue weighted by atomic mass is 32.3. The van der Waals surface area contributed by atoms with Gasteiger partial charge in [-0.3, -0.25) is 9.35 Å². The van der Waals surface area contributed by atoms with Crippen LogP contribution in [0.1, 0.15) is 48.9 Å². The molecular formula is C21H25F3N4O5S3. The van der Waals surface area contributed by atoms with Crippen molar-refractivity contribution in [2.24, 2.45) is 0 Å². The Bertz CT molecular complexity index is 1510. The van der Waals surface area contributed by atoms with Gasteiger partial charge in [0.2, 0.25) is 5.82 Å². The van der Waals surface area contributed by atoms with Gasteiger partial charge in [0.15, 0.2) is 0 Å². The molecule has 0 atom stereocenters. The zero-order valence-corrected chi connectivity index (χ0v) is 22.0. The smallest absolute Gasteiger partial charge is 0.318 e. The Labute approximate surface area is 209 Å². The van der Waals surface area contributed by atoms with E-state index in [2.05, 4.69) is 4.98 Å². The van der Waals surface area contributed by atoms with Crippen molar-refractivity contribution in [3.63, 3.8) is 0 Å². The van der Waals surface area contributed by atoms with Crippen LogP contribution in [0.4, 0.5) is 13.2 Å². The average molecular weight is 567 g/mol. The fourth-order valence-electron chi connectivity index (χ4n) is 4.14. The van der Waals surface area contributed by atoms with Gasteiger partial charge in [-0.1, -0.05) is 0 Å². The van der Waals surface area contributed by atoms with Gasteiger partial charge in [-0.2, -0.15) is 17.4 Å². The van der Waals surface area contributed by atoms with Crippen LogP contribution in [0.15, 0.2) is 38.8 Å². The normalized spacial score (nSPS) is 16.9. The number of halogens is 3. The van der Waals surface area contributed by atoms with Crippen LogP contribution >= 0.6 is 11.3 Å². The van der Waals surface area contributed by atoms with Crippen molar-refractivity contribution in [3.8, 4) is 0 Å². The summed E-state index contributed by atoms with van der Waals surface area (Å²) < 4.78 is 94.3. The number of nitrogens with one attached hydrogen (secondary N) is 1. The molecule has 0 saturated carbocycles. The molecule has 1 saturated heterocycles. The standard InChI is InChI=1S/C21H25F3N4O5S3/c1-13(2)28-16-7-6-14(12-15(16)25-20(28)21(22,23)24)19(29)26-35(30,31)17-8-9-18(34-17)36(3,32,33)27-10-4-5-11-27/h6-9,12-13H,4-5,10-11H2,1-3H3,(H,26,29)(H,32,33). The van der Waals surface area contributed by atoms with Gasteiger partial charge in [0.05, 0.1) is 11.0 Å². The summed E-state index contributed by atoms with van der Waals surface area (Å²) in [5, 5.41) is 0. The maximum Gasteiger partial charge on any atom is 0.449 e. The van der Waals surface area contributed by atoms with Crippen molar-refractivity contribution >= 4 is 47.8 Å². The molecule has 198 valence electrons. The predicted octanol–water partition coefficient (Wildman–Crippen LogP) is 4.11. The summed E-state index contributed by atoms with van der Waals surface area (Å²) in [7, 11) is -8.87. The van der Waals surface area contributed by atoms with E-state index in [0.717, 1.165) is 29.5 Å². The number of fused-ring (bicyclic) bond motifs is 1. The third-order valence-corrected chi connectivity index (χ3v) is 12.7. The first-order chi connectivity index (χ1) is 16.5. The molecular weight excluding hydrogens is 541 g/mol. The number of alkyl halides is 3. The lowest BCUT2D eigenvalue weighted by Crippen LogP contribution is -2.47. The van der Waals surface area contributed by atoms with Crippen molar-refractivity contribution in [1.82, 2.24) is 18.6 Å². The van der Waals surface area contributed by atoms with E-state index in [-0.39, 0.29) is 25.0 Å². The first-order valence-electron chi connectivity index (χ1n) is 10.9. The molecule has 0 radical (unpaired) electrons. The molecule has 36 heavy (non-hydrogen) atoms. The number of carbonyl (C=O) groups excluding carboxylic acids is 1. The van der Waals surface area contributed by atoms with Crippen LogP contribution in [0.3, 0.4) is 0 Å². The predicted molar refractivity (Wildman–Crippen MR) is 130 cm³/mol. The maximum absolute atomic E-state index is 13.4. The zero-order chi connectivity index (χ0) is 26.7. The van der Waals surface area contributed by atoms with Gasteiger partial charge in [0.1, 0.15) is 8.42 Å². The van der Waals surface area contributed by atoms with E-state index in [1.165, 1.54) is 28.8 Å². The number of rotatable bonds is 6. The van der Waals surface area contributed by atoms with Crippen LogP contribution in [0.25, 0.3) is 11.0 Å². The van der Waals surface area contributed by atoms with E-state index in [1.807, 2.05) is 4.72 Å². The third-order valence-electron chi connectivity index (χ3n) is 5.91. The fourth-order valence-corrected chi connectivity index (χ4v) is 9.42. The Morgan fingerprint density at radius 2 is 1.83 bits per heavy atom. The Hall–Kier alpha value is -2.33. The summed E-state index contributed by atoms with van der Waals surface area (Å²) >= 11 is 0.584. The molecule has 1 aliphatic rings. The molecule has 2 aromatic heterocycles. The molecule has 3 aromatic rings. The number of benzene rings is 1. The van der Waals surface area contributed by atoms with Crippen molar-refractivity contribution < 1.29 is 35.1 Å². The Balaban J connectivity index is 1.62. The van der Waals surface area contributed by atoms with Gasteiger partial charge in [-0.25, -0.2) is 22.4 Å². The van der Waals surface area contributed by atoms with Crippen LogP contribution < -0.4 is 4.72 Å². The molecule has 1 fully saturated rings. The second kappa shape index (κ2) is 8.62. The molecule has 0 spiro atoms. The summed E-state index contributed by atoms with van der Waals surface area (Å²) in [6.45, 7) is 3.93. The summed E-state index contributed by atoms with van der Waals surface area (Å²) in [5.74, 6) is -2.19. The number of nitrogens with zero attached hydrogens (tertiary/aromatic N) is 3. The molecule has 0 aliphatic carbocycles. The van der Waals surface area contributed by atoms with Gasteiger partial charge >= 0.3 is 6.18 Å². The molecule has 2 N–H and O–H groups in total. The lowest BCUT2D eigenvalue weighted by Gasteiger charge is -2.45. The van der Waals surface area contributed by atoms with Gasteiger partial charge in [0, 0.05) is 31.0 Å². The Morgan fingerprint density at radius 1 is 1.19 bits per heavy atom. The fraction of sp³-hybridized carbons (Fsp3) is 0.429. The van der Waals surface area contributed by atoms with E-state index in [1.54, 1.807) is 13.8 Å². The van der Waals surface area contributed by atoms with E-state index in [0.29, 0.717) is 24.4 Å². The van der Waals surface area contributed by atoms with E-state index in [9.17, 15) is 35.1 Å². The lowest BCUT2D eigenvalue weighted by atomic mass is 10.2. The molecule has 15 heteroatoms. The quantitative estimate of drug-likeness (QED) is 0.463. The highest BCUT2D eigenvalue weighted by molar-refractivity contribution is 8.14. The van der Waals surface area contributed by atoms with Gasteiger partial charge in [0.25, 0.3) is 15.9 Å². The number of thiophene rings is 1. The topological polar surface area (TPSA) is 122 Å². The van der Waals surface area contributed by atoms with E-state index < -0.39 is 43.5 Å². The summed E-state index contributed by atoms with van der Waals surface area (Å²) in [6.07, 6.45) is -2.05. The number of hydrogen-bond acceptors (Lipinski definition) is 6. The van der Waals surface area contributed by atoms with Crippen molar-refractivity contribution in [3.05, 3.63) is 41.7 Å². The van der Waals surface area contributed by atoms with Crippen LogP contribution in [0, 0.1) is 0 Å². The lowest BCUT2D eigenvalue weighted by molar-refractivity contribution is -0.147. The number of amides is 1. The van der Waals surface area contributed by atoms with Gasteiger partial charge < -0.3 is 4.57 Å². The molecule has 0 bridgehead atoms. The first kappa shape index (κ1) is 26.7. The summed E-state index contributed by atoms with van der Waals surface area (Å²) in [5.41, 5.74) is -0.172. The second-order valence-corrected chi connectivity index (χ2v) is 15.6. The first-order valence-corrected chi connectivity index (χ1v) is 15.5. The maximum atomic E-state index is 13.4. The zero-order valence-electron chi connectivity index (χ0n) is 19.6. The Morgan fingerprint density at radius 3 is 2.42 bits per heavy atom. The Kier molecular flexibility index (Phi) is 6.40. The van der Waals surface area contributed by atoms with Crippen molar-refractivity contribution in [2.75, 3.05) is 19.3 Å². The minimum absolute atomic E-state index is 0.0398. The second-order valence-electron chi connectivity index (χ2n) is 8.98. The highest BCUT2D eigenvalue weighted by Crippen LogP contribution is 2.41. The van der Waals surface area contributed by atoms with Crippen LogP contribution in [0.5, 0.6) is 0 Å². The summed E-state index contributed by atoms with van der Waals surface area (Å²) in [4.78, 5) is 16.3.